The van der Waals surface area contributed by atoms with Crippen LogP contribution in [0.25, 0.3) is 66.1 Å². The van der Waals surface area contributed by atoms with Gasteiger partial charge in [-0.1, -0.05) is 48.5 Å². The zero-order chi connectivity index (χ0) is 50.0. The molecular formula is C57H48N14O2. The number of ketones is 2. The highest BCUT2D eigenvalue weighted by Crippen LogP contribution is 2.34. The molecule has 0 amide bonds. The molecule has 0 atom stereocenters. The summed E-state index contributed by atoms with van der Waals surface area (Å²) in [7, 11) is 4.26. The van der Waals surface area contributed by atoms with Crippen molar-refractivity contribution < 1.29 is 9.59 Å². The molecule has 0 saturated carbocycles. The lowest BCUT2D eigenvalue weighted by atomic mass is 9.94. The molecule has 8 heterocycles. The number of H-pyrrole nitrogens is 2. The number of imidazole rings is 2. The number of pyridine rings is 4. The Morgan fingerprint density at radius 2 is 1.03 bits per heavy atom. The lowest BCUT2D eigenvalue weighted by Crippen LogP contribution is -2.43. The van der Waals surface area contributed by atoms with E-state index in [0.717, 1.165) is 96.4 Å². The highest BCUT2D eigenvalue weighted by atomic mass is 16.1. The average Bonchev–Trinajstić information content (AvgIpc) is 4.09. The molecule has 16 nitrogen and oxygen atoms in total. The van der Waals surface area contributed by atoms with Crippen molar-refractivity contribution in [1.29, 1.82) is 10.5 Å². The van der Waals surface area contributed by atoms with Gasteiger partial charge < -0.3 is 30.0 Å². The summed E-state index contributed by atoms with van der Waals surface area (Å²) in [5.74, 6) is 1.67. The molecule has 0 bridgehead atoms. The number of anilines is 2. The van der Waals surface area contributed by atoms with Gasteiger partial charge in [-0.3, -0.25) is 19.6 Å². The van der Waals surface area contributed by atoms with E-state index in [0.29, 0.717) is 61.8 Å². The maximum atomic E-state index is 13.5. The van der Waals surface area contributed by atoms with Crippen molar-refractivity contribution in [3.63, 3.8) is 0 Å². The van der Waals surface area contributed by atoms with E-state index in [-0.39, 0.29) is 23.2 Å². The highest BCUT2D eigenvalue weighted by Gasteiger charge is 2.24. The van der Waals surface area contributed by atoms with Crippen LogP contribution in [-0.4, -0.2) is 116 Å². The fraction of sp³-hybridized carbons (Fsp3) is 0.193. The minimum absolute atomic E-state index is 0.219. The Labute approximate surface area is 420 Å². The van der Waals surface area contributed by atoms with Crippen molar-refractivity contribution in [1.82, 2.24) is 50.1 Å². The van der Waals surface area contributed by atoms with Crippen molar-refractivity contribution in [2.45, 2.75) is 18.9 Å². The molecule has 0 spiro atoms. The molecule has 2 aliphatic rings. The van der Waals surface area contributed by atoms with Crippen molar-refractivity contribution >= 4 is 67.1 Å². The van der Waals surface area contributed by atoms with Gasteiger partial charge in [0, 0.05) is 114 Å². The Hall–Kier alpha value is -9.22. The van der Waals surface area contributed by atoms with Gasteiger partial charge in [-0.25, -0.2) is 19.9 Å². The van der Waals surface area contributed by atoms with E-state index in [1.165, 1.54) is 0 Å². The van der Waals surface area contributed by atoms with Crippen molar-refractivity contribution in [3.8, 4) is 34.4 Å². The van der Waals surface area contributed by atoms with Gasteiger partial charge in [0.1, 0.15) is 11.6 Å². The predicted octanol–water partition coefficient (Wildman–Crippen LogP) is 8.49. The molecule has 73 heavy (non-hydrogen) atoms. The standard InChI is InChI=1S/C30H27N7O.C27H21N7O/c1-36(2)22-11-13-37(14-12-22)27-10-9-26-29(34-27)35-30(33-26)28(38)19-7-8-20(16-31)24(15-19)25-18-32-17-21-5-3-4-6-23(21)25;28-14-18-6-5-17(13-21(18)22-16-30-15-19-3-1-2-4-20(19)22)25(35)27-31-23-7-8-24(32-26(23)33-27)34-11-9-29-10-12-34/h3-10,15,17-18,22H,11-14H2,1-2H3,(H,33,34,35);1-8,13,15-16,29H,9-12H2,(H,31,32,33). The summed E-state index contributed by atoms with van der Waals surface area (Å²) in [6.45, 7) is 5.47. The zero-order valence-corrected chi connectivity index (χ0v) is 40.2. The Morgan fingerprint density at radius 1 is 0.562 bits per heavy atom. The Balaban J connectivity index is 0.000000158. The number of piperidine rings is 1. The molecule has 2 aliphatic heterocycles. The maximum Gasteiger partial charge on any atom is 0.228 e. The lowest BCUT2D eigenvalue weighted by Gasteiger charge is -2.35. The van der Waals surface area contributed by atoms with Gasteiger partial charge in [-0.2, -0.15) is 10.5 Å². The fourth-order valence-corrected chi connectivity index (χ4v) is 9.79. The van der Waals surface area contributed by atoms with E-state index in [2.05, 4.69) is 81.1 Å². The molecule has 6 aromatic heterocycles. The number of carbonyl (C=O) groups excluding carboxylic acids is 2. The molecule has 0 unspecified atom stereocenters. The average molecular weight is 961 g/mol. The number of nitrogens with one attached hydrogen (secondary N) is 3. The van der Waals surface area contributed by atoms with Crippen molar-refractivity contribution in [2.24, 2.45) is 0 Å². The van der Waals surface area contributed by atoms with Gasteiger partial charge in [0.2, 0.25) is 11.6 Å². The first-order chi connectivity index (χ1) is 35.7. The number of hydrogen-bond donors (Lipinski definition) is 3. The quantitative estimate of drug-likeness (QED) is 0.116. The van der Waals surface area contributed by atoms with E-state index in [4.69, 9.17) is 4.98 Å². The molecule has 0 radical (unpaired) electrons. The number of fused-ring (bicyclic) bond motifs is 4. The van der Waals surface area contributed by atoms with Crippen LogP contribution in [0.3, 0.4) is 0 Å². The molecule has 3 N–H and O–H groups in total. The third-order valence-electron chi connectivity index (χ3n) is 13.8. The molecule has 2 saturated heterocycles. The SMILES string of the molecule is CN(C)C1CCN(c2ccc3[nH]c(C(=O)c4ccc(C#N)c(-c5cncc6ccccc56)c4)nc3n2)CC1.N#Cc1ccc(C(=O)c2nc3nc(N4CCNCC4)ccc3[nH]2)cc1-c1cncc2ccccc12. The summed E-state index contributed by atoms with van der Waals surface area (Å²) in [5, 5.41) is 26.7. The minimum atomic E-state index is -0.259. The second kappa shape index (κ2) is 19.9. The largest absolute Gasteiger partial charge is 0.356 e. The molecule has 2 fully saturated rings. The lowest BCUT2D eigenvalue weighted by molar-refractivity contribution is 0.102. The smallest absolute Gasteiger partial charge is 0.228 e. The van der Waals surface area contributed by atoms with Crippen LogP contribution in [0.4, 0.5) is 11.6 Å². The number of piperazine rings is 1. The van der Waals surface area contributed by atoms with E-state index in [9.17, 15) is 20.1 Å². The van der Waals surface area contributed by atoms with Gasteiger partial charge in [0.05, 0.1) is 34.3 Å². The molecule has 358 valence electrons. The van der Waals surface area contributed by atoms with E-state index < -0.39 is 0 Å². The number of benzene rings is 4. The predicted molar refractivity (Wildman–Crippen MR) is 282 cm³/mol. The highest BCUT2D eigenvalue weighted by molar-refractivity contribution is 6.10. The van der Waals surface area contributed by atoms with Gasteiger partial charge in [0.25, 0.3) is 0 Å². The number of rotatable bonds is 9. The molecule has 12 rings (SSSR count). The van der Waals surface area contributed by atoms with E-state index >= 15 is 0 Å². The van der Waals surface area contributed by atoms with Gasteiger partial charge in [-0.05, 0) is 98.4 Å². The van der Waals surface area contributed by atoms with Gasteiger partial charge >= 0.3 is 0 Å². The van der Waals surface area contributed by atoms with Crippen molar-refractivity contribution in [2.75, 3.05) is 63.2 Å². The topological polar surface area (TPSA) is 212 Å². The number of aromatic nitrogens is 8. The zero-order valence-electron chi connectivity index (χ0n) is 40.2. The Bertz CT molecular complexity index is 3820. The second-order valence-electron chi connectivity index (χ2n) is 18.4. The monoisotopic (exact) mass is 960 g/mol. The number of nitriles is 2. The van der Waals surface area contributed by atoms with Gasteiger partial charge in [-0.15, -0.1) is 0 Å². The van der Waals surface area contributed by atoms with Crippen LogP contribution in [0.2, 0.25) is 0 Å². The normalized spacial score (nSPS) is 14.0. The summed E-state index contributed by atoms with van der Waals surface area (Å²) >= 11 is 0. The summed E-state index contributed by atoms with van der Waals surface area (Å²) in [5.41, 5.74) is 7.24. The molecule has 10 aromatic rings. The van der Waals surface area contributed by atoms with E-state index in [1.807, 2.05) is 72.8 Å². The van der Waals surface area contributed by atoms with Crippen LogP contribution in [0, 0.1) is 22.7 Å². The van der Waals surface area contributed by atoms with Crippen molar-refractivity contribution in [3.05, 3.63) is 168 Å². The first-order valence-corrected chi connectivity index (χ1v) is 24.2. The summed E-state index contributed by atoms with van der Waals surface area (Å²) in [4.78, 5) is 67.1. The minimum Gasteiger partial charge on any atom is -0.356 e. The molecule has 4 aromatic carbocycles. The number of nitrogens with zero attached hydrogens (tertiary/aromatic N) is 11. The van der Waals surface area contributed by atoms with Crippen LogP contribution in [-0.2, 0) is 0 Å². The number of hydrogen-bond acceptors (Lipinski definition) is 14. The molecule has 16 heteroatoms. The maximum absolute atomic E-state index is 13.5. The summed E-state index contributed by atoms with van der Waals surface area (Å²) < 4.78 is 0. The fourth-order valence-electron chi connectivity index (χ4n) is 9.79. The Kier molecular flexibility index (Phi) is 12.6. The van der Waals surface area contributed by atoms with Crippen LogP contribution in [0.1, 0.15) is 56.3 Å². The summed E-state index contributed by atoms with van der Waals surface area (Å²) in [6, 6.07) is 38.8. The summed E-state index contributed by atoms with van der Waals surface area (Å²) in [6.07, 6.45) is 9.22. The van der Waals surface area contributed by atoms with Crippen LogP contribution in [0.5, 0.6) is 0 Å². The number of carbonyl (C=O) groups is 2. The van der Waals surface area contributed by atoms with Gasteiger partial charge in [0.15, 0.2) is 22.9 Å². The first-order valence-electron chi connectivity index (χ1n) is 24.2. The van der Waals surface area contributed by atoms with Crippen LogP contribution >= 0.6 is 0 Å². The number of aromatic amines is 2. The third-order valence-corrected chi connectivity index (χ3v) is 13.8. The molecule has 0 aliphatic carbocycles. The first kappa shape index (κ1) is 46.2. The Morgan fingerprint density at radius 3 is 1.49 bits per heavy atom. The van der Waals surface area contributed by atoms with Crippen LogP contribution < -0.4 is 15.1 Å². The van der Waals surface area contributed by atoms with Crippen LogP contribution in [0.15, 0.2) is 134 Å². The third kappa shape index (κ3) is 9.20. The van der Waals surface area contributed by atoms with E-state index in [1.54, 1.807) is 61.2 Å². The second-order valence-corrected chi connectivity index (χ2v) is 18.4. The molecular weight excluding hydrogens is 913 g/mol.